The maximum atomic E-state index is 10.9. The second-order valence-corrected chi connectivity index (χ2v) is 3.58. The van der Waals surface area contributed by atoms with Gasteiger partial charge in [-0.1, -0.05) is 13.8 Å². The maximum Gasteiger partial charge on any atom is 0.153 e. The van der Waals surface area contributed by atoms with Crippen LogP contribution in [-0.2, 0) is 0 Å². The number of benzene rings is 1. The van der Waals surface area contributed by atoms with Crippen molar-refractivity contribution in [3.63, 3.8) is 0 Å². The lowest BCUT2D eigenvalue weighted by Gasteiger charge is -2.17. The summed E-state index contributed by atoms with van der Waals surface area (Å²) in [5.41, 5.74) is 0.563. The number of carbonyl (C=O) groups excluding carboxylic acids is 1. The summed E-state index contributed by atoms with van der Waals surface area (Å²) in [6.07, 6.45) is 2.79. The van der Waals surface area contributed by atoms with Crippen LogP contribution in [0.25, 0.3) is 0 Å². The maximum absolute atomic E-state index is 10.9. The van der Waals surface area contributed by atoms with Gasteiger partial charge in [0.25, 0.3) is 0 Å². The van der Waals surface area contributed by atoms with Crippen LogP contribution in [0.3, 0.4) is 0 Å². The Morgan fingerprint density at radius 3 is 2.50 bits per heavy atom. The van der Waals surface area contributed by atoms with Crippen molar-refractivity contribution in [2.75, 3.05) is 7.11 Å². The fourth-order valence-corrected chi connectivity index (χ4v) is 1.48. The zero-order valence-electron chi connectivity index (χ0n) is 10.0. The van der Waals surface area contributed by atoms with E-state index in [0.717, 1.165) is 19.1 Å². The molecule has 1 rings (SSSR count). The van der Waals surface area contributed by atoms with Crippen LogP contribution in [-0.4, -0.2) is 19.5 Å². The van der Waals surface area contributed by atoms with Crippen LogP contribution in [0.15, 0.2) is 18.2 Å². The van der Waals surface area contributed by atoms with E-state index >= 15 is 0 Å². The van der Waals surface area contributed by atoms with E-state index in [0.29, 0.717) is 17.1 Å². The van der Waals surface area contributed by atoms with Crippen molar-refractivity contribution >= 4 is 6.29 Å². The van der Waals surface area contributed by atoms with Crippen molar-refractivity contribution in [2.45, 2.75) is 32.8 Å². The van der Waals surface area contributed by atoms with Gasteiger partial charge in [-0.15, -0.1) is 0 Å². The Hall–Kier alpha value is -1.51. The zero-order valence-corrected chi connectivity index (χ0v) is 10.0. The third kappa shape index (κ3) is 2.99. The molecule has 3 nitrogen and oxygen atoms in total. The second-order valence-electron chi connectivity index (χ2n) is 3.58. The zero-order chi connectivity index (χ0) is 12.0. The molecule has 0 saturated heterocycles. The molecule has 16 heavy (non-hydrogen) atoms. The minimum Gasteiger partial charge on any atom is -0.497 e. The number of rotatable bonds is 6. The quantitative estimate of drug-likeness (QED) is 0.694. The molecule has 0 aliphatic carbocycles. The summed E-state index contributed by atoms with van der Waals surface area (Å²) >= 11 is 0. The number of ether oxygens (including phenoxy) is 2. The summed E-state index contributed by atoms with van der Waals surface area (Å²) in [5.74, 6) is 1.30. The van der Waals surface area contributed by atoms with Crippen molar-refractivity contribution in [1.29, 1.82) is 0 Å². The molecule has 0 radical (unpaired) electrons. The minimum atomic E-state index is 0.144. The van der Waals surface area contributed by atoms with Gasteiger partial charge in [0.15, 0.2) is 6.29 Å². The lowest BCUT2D eigenvalue weighted by Crippen LogP contribution is -2.14. The van der Waals surface area contributed by atoms with Gasteiger partial charge < -0.3 is 9.47 Å². The third-order valence-electron chi connectivity index (χ3n) is 2.55. The van der Waals surface area contributed by atoms with Crippen LogP contribution in [0, 0.1) is 0 Å². The van der Waals surface area contributed by atoms with E-state index in [9.17, 15) is 4.79 Å². The number of hydrogen-bond acceptors (Lipinski definition) is 3. The fraction of sp³-hybridized carbons (Fsp3) is 0.462. The molecule has 0 amide bonds. The summed E-state index contributed by atoms with van der Waals surface area (Å²) in [6.45, 7) is 4.13. The highest BCUT2D eigenvalue weighted by Gasteiger charge is 2.10. The smallest absolute Gasteiger partial charge is 0.153 e. The van der Waals surface area contributed by atoms with Gasteiger partial charge in [0, 0.05) is 6.07 Å². The Morgan fingerprint density at radius 1 is 1.31 bits per heavy atom. The topological polar surface area (TPSA) is 35.5 Å². The van der Waals surface area contributed by atoms with Gasteiger partial charge >= 0.3 is 0 Å². The molecule has 0 bridgehead atoms. The molecule has 0 N–H and O–H groups in total. The highest BCUT2D eigenvalue weighted by Crippen LogP contribution is 2.25. The van der Waals surface area contributed by atoms with Crippen LogP contribution in [0.5, 0.6) is 11.5 Å². The molecular formula is C13H18O3. The number of methoxy groups -OCH3 is 1. The van der Waals surface area contributed by atoms with E-state index in [-0.39, 0.29) is 6.10 Å². The average Bonchev–Trinajstić information content (AvgIpc) is 2.35. The molecule has 0 unspecified atom stereocenters. The summed E-state index contributed by atoms with van der Waals surface area (Å²) in [6, 6.07) is 5.22. The van der Waals surface area contributed by atoms with Gasteiger partial charge in [-0.05, 0) is 25.0 Å². The van der Waals surface area contributed by atoms with Gasteiger partial charge in [-0.3, -0.25) is 4.79 Å². The van der Waals surface area contributed by atoms with Gasteiger partial charge in [-0.2, -0.15) is 0 Å². The van der Waals surface area contributed by atoms with Crippen LogP contribution in [0.2, 0.25) is 0 Å². The Balaban J connectivity index is 2.94. The highest BCUT2D eigenvalue weighted by molar-refractivity contribution is 5.79. The monoisotopic (exact) mass is 222 g/mol. The van der Waals surface area contributed by atoms with Gasteiger partial charge in [0.05, 0.1) is 18.8 Å². The predicted octanol–water partition coefficient (Wildman–Crippen LogP) is 3.08. The first-order valence-electron chi connectivity index (χ1n) is 5.55. The van der Waals surface area contributed by atoms with Gasteiger partial charge in [0.2, 0.25) is 0 Å². The Kier molecular flexibility index (Phi) is 4.83. The molecule has 0 fully saturated rings. The third-order valence-corrected chi connectivity index (χ3v) is 2.55. The molecule has 1 aromatic carbocycles. The summed E-state index contributed by atoms with van der Waals surface area (Å²) in [4.78, 5) is 10.9. The minimum absolute atomic E-state index is 0.144. The number of hydrogen-bond donors (Lipinski definition) is 0. The van der Waals surface area contributed by atoms with Gasteiger partial charge in [0.1, 0.15) is 11.5 Å². The van der Waals surface area contributed by atoms with Crippen LogP contribution >= 0.6 is 0 Å². The van der Waals surface area contributed by atoms with E-state index in [2.05, 4.69) is 13.8 Å². The predicted molar refractivity (Wildman–Crippen MR) is 63.4 cm³/mol. The van der Waals surface area contributed by atoms with Crippen molar-refractivity contribution in [1.82, 2.24) is 0 Å². The molecule has 1 aromatic rings. The Bertz CT molecular complexity index is 343. The lowest BCUT2D eigenvalue weighted by atomic mass is 10.2. The summed E-state index contributed by atoms with van der Waals surface area (Å²) in [5, 5.41) is 0. The van der Waals surface area contributed by atoms with E-state index in [1.54, 1.807) is 25.3 Å². The van der Waals surface area contributed by atoms with E-state index < -0.39 is 0 Å². The first-order valence-corrected chi connectivity index (χ1v) is 5.55. The molecule has 0 heterocycles. The highest BCUT2D eigenvalue weighted by atomic mass is 16.5. The molecule has 0 spiro atoms. The second kappa shape index (κ2) is 6.16. The largest absolute Gasteiger partial charge is 0.497 e. The van der Waals surface area contributed by atoms with E-state index in [1.807, 2.05) is 0 Å². The molecule has 0 aliphatic rings. The Morgan fingerprint density at radius 2 is 2.00 bits per heavy atom. The normalized spacial score (nSPS) is 10.2. The Labute approximate surface area is 96.4 Å². The first-order chi connectivity index (χ1) is 7.74. The van der Waals surface area contributed by atoms with Crippen LogP contribution in [0.1, 0.15) is 37.0 Å². The first kappa shape index (κ1) is 12.6. The molecule has 0 aromatic heterocycles. The number of aldehydes is 1. The van der Waals surface area contributed by atoms with Gasteiger partial charge in [-0.25, -0.2) is 0 Å². The standard InChI is InChI=1S/C13H18O3/c1-4-11(5-2)16-13-8-12(15-3)7-6-10(13)9-14/h6-9,11H,4-5H2,1-3H3. The van der Waals surface area contributed by atoms with Crippen molar-refractivity contribution < 1.29 is 14.3 Å². The average molecular weight is 222 g/mol. The molecule has 0 aliphatic heterocycles. The van der Waals surface area contributed by atoms with E-state index in [1.165, 1.54) is 0 Å². The summed E-state index contributed by atoms with van der Waals surface area (Å²) < 4.78 is 10.9. The van der Waals surface area contributed by atoms with Crippen molar-refractivity contribution in [2.24, 2.45) is 0 Å². The molecular weight excluding hydrogens is 204 g/mol. The van der Waals surface area contributed by atoms with Crippen molar-refractivity contribution in [3.8, 4) is 11.5 Å². The summed E-state index contributed by atoms with van der Waals surface area (Å²) in [7, 11) is 1.59. The molecule has 3 heteroatoms. The molecule has 0 saturated carbocycles. The van der Waals surface area contributed by atoms with Crippen molar-refractivity contribution in [3.05, 3.63) is 23.8 Å². The SMILES string of the molecule is CCC(CC)Oc1cc(OC)ccc1C=O. The van der Waals surface area contributed by atoms with Crippen LogP contribution < -0.4 is 9.47 Å². The van der Waals surface area contributed by atoms with E-state index in [4.69, 9.17) is 9.47 Å². The fourth-order valence-electron chi connectivity index (χ4n) is 1.48. The van der Waals surface area contributed by atoms with Crippen LogP contribution in [0.4, 0.5) is 0 Å². The lowest BCUT2D eigenvalue weighted by molar-refractivity contribution is 0.111. The molecule has 88 valence electrons. The molecule has 0 atom stereocenters. The number of carbonyl (C=O) groups is 1.